The first-order chi connectivity index (χ1) is 12.3. The van der Waals surface area contributed by atoms with Crippen LogP contribution in [0, 0.1) is 5.92 Å². The van der Waals surface area contributed by atoms with Crippen LogP contribution in [0.1, 0.15) is 42.6 Å². The molecule has 2 N–H and O–H groups in total. The van der Waals surface area contributed by atoms with E-state index in [1.807, 2.05) is 24.3 Å². The second-order valence-electron chi connectivity index (χ2n) is 7.32. The minimum absolute atomic E-state index is 0.0221. The minimum Gasteiger partial charge on any atom is -0.496 e. The molecule has 2 aliphatic rings. The zero-order valence-corrected chi connectivity index (χ0v) is 14.9. The molecule has 2 atom stereocenters. The van der Waals surface area contributed by atoms with Crippen molar-refractivity contribution >= 4 is 16.8 Å². The van der Waals surface area contributed by atoms with Crippen molar-refractivity contribution in [1.82, 2.24) is 15.2 Å². The molecule has 2 aliphatic heterocycles. The monoisotopic (exact) mass is 341 g/mol. The third-order valence-corrected chi connectivity index (χ3v) is 5.84. The van der Waals surface area contributed by atoms with E-state index in [9.17, 15) is 4.79 Å². The Bertz CT molecular complexity index is 752. The van der Waals surface area contributed by atoms with Gasteiger partial charge in [-0.1, -0.05) is 12.5 Å². The normalized spacial score (nSPS) is 24.0. The molecular formula is C20H27N3O2. The Balaban J connectivity index is 1.43. The van der Waals surface area contributed by atoms with Crippen molar-refractivity contribution in [3.8, 4) is 5.75 Å². The van der Waals surface area contributed by atoms with E-state index in [1.165, 1.54) is 45.2 Å². The number of hydrogen-bond acceptors (Lipinski definition) is 3. The summed E-state index contributed by atoms with van der Waals surface area (Å²) in [4.78, 5) is 18.5. The fourth-order valence-electron chi connectivity index (χ4n) is 4.56. The molecule has 1 aromatic carbocycles. The van der Waals surface area contributed by atoms with Gasteiger partial charge in [-0.25, -0.2) is 0 Å². The summed E-state index contributed by atoms with van der Waals surface area (Å²) in [5, 5.41) is 4.11. The lowest BCUT2D eigenvalue weighted by Gasteiger charge is -2.44. The molecule has 4 rings (SSSR count). The lowest BCUT2D eigenvalue weighted by atomic mass is 9.83. The van der Waals surface area contributed by atoms with Crippen molar-refractivity contribution in [3.63, 3.8) is 0 Å². The molecule has 3 heterocycles. The molecule has 25 heavy (non-hydrogen) atoms. The molecule has 1 amide bonds. The van der Waals surface area contributed by atoms with Gasteiger partial charge in [0.1, 0.15) is 11.4 Å². The Hall–Kier alpha value is -2.01. The maximum atomic E-state index is 12.6. The number of carbonyl (C=O) groups is 1. The molecule has 0 aliphatic carbocycles. The van der Waals surface area contributed by atoms with Crippen LogP contribution in [0.5, 0.6) is 5.75 Å². The minimum atomic E-state index is -0.0221. The molecule has 1 aromatic heterocycles. The first-order valence-electron chi connectivity index (χ1n) is 9.44. The smallest absolute Gasteiger partial charge is 0.267 e. The predicted molar refractivity (Wildman–Crippen MR) is 99.1 cm³/mol. The van der Waals surface area contributed by atoms with E-state index in [-0.39, 0.29) is 5.91 Å². The molecule has 134 valence electrons. The van der Waals surface area contributed by atoms with Gasteiger partial charge in [0.25, 0.3) is 5.91 Å². The number of ether oxygens (including phenoxy) is 1. The molecule has 5 nitrogen and oxygen atoms in total. The maximum absolute atomic E-state index is 12.6. The number of benzene rings is 1. The van der Waals surface area contributed by atoms with E-state index < -0.39 is 0 Å². The Labute approximate surface area is 148 Å². The molecule has 0 spiro atoms. The van der Waals surface area contributed by atoms with Gasteiger partial charge in [0.2, 0.25) is 0 Å². The molecule has 0 unspecified atom stereocenters. The lowest BCUT2D eigenvalue weighted by Crippen LogP contribution is -2.51. The Kier molecular flexibility index (Phi) is 4.66. The molecule has 2 fully saturated rings. The van der Waals surface area contributed by atoms with Crippen molar-refractivity contribution in [2.24, 2.45) is 5.92 Å². The highest BCUT2D eigenvalue weighted by atomic mass is 16.5. The number of fused-ring (bicyclic) bond motifs is 2. The number of methoxy groups -OCH3 is 1. The summed E-state index contributed by atoms with van der Waals surface area (Å²) >= 11 is 0. The summed E-state index contributed by atoms with van der Waals surface area (Å²) in [7, 11) is 1.65. The average Bonchev–Trinajstić information content (AvgIpc) is 3.10. The maximum Gasteiger partial charge on any atom is 0.267 e. The van der Waals surface area contributed by atoms with E-state index in [0.29, 0.717) is 17.7 Å². The molecular weight excluding hydrogens is 314 g/mol. The van der Waals surface area contributed by atoms with Crippen molar-refractivity contribution in [1.29, 1.82) is 0 Å². The Morgan fingerprint density at radius 2 is 2.16 bits per heavy atom. The zero-order valence-electron chi connectivity index (χ0n) is 14.9. The quantitative estimate of drug-likeness (QED) is 0.898. The van der Waals surface area contributed by atoms with Gasteiger partial charge in [0, 0.05) is 23.5 Å². The van der Waals surface area contributed by atoms with Crippen molar-refractivity contribution in [2.45, 2.75) is 38.1 Å². The molecule has 5 heteroatoms. The third kappa shape index (κ3) is 3.25. The lowest BCUT2D eigenvalue weighted by molar-refractivity contribution is 0.0575. The van der Waals surface area contributed by atoms with E-state index >= 15 is 0 Å². The third-order valence-electron chi connectivity index (χ3n) is 5.84. The summed E-state index contributed by atoms with van der Waals surface area (Å²) in [5.74, 6) is 1.35. The van der Waals surface area contributed by atoms with Crippen LogP contribution >= 0.6 is 0 Å². The Morgan fingerprint density at radius 1 is 1.28 bits per heavy atom. The fourth-order valence-corrected chi connectivity index (χ4v) is 4.56. The second kappa shape index (κ2) is 7.08. The number of nitrogens with one attached hydrogen (secondary N) is 2. The van der Waals surface area contributed by atoms with Crippen LogP contribution in [0.3, 0.4) is 0 Å². The SMILES string of the molecule is COc1cccc2[nH]c(C(=O)NC[C@@H]3CCCN4CCCC[C@H]34)cc12. The topological polar surface area (TPSA) is 57.4 Å². The average molecular weight is 341 g/mol. The predicted octanol–water partition coefficient (Wildman–Crippen LogP) is 3.17. The highest BCUT2D eigenvalue weighted by Gasteiger charge is 2.33. The van der Waals surface area contributed by atoms with Crippen molar-refractivity contribution in [3.05, 3.63) is 30.0 Å². The number of hydrogen-bond donors (Lipinski definition) is 2. The van der Waals surface area contributed by atoms with Gasteiger partial charge in [-0.15, -0.1) is 0 Å². The van der Waals surface area contributed by atoms with Crippen LogP contribution in [-0.2, 0) is 0 Å². The highest BCUT2D eigenvalue weighted by Crippen LogP contribution is 2.30. The van der Waals surface area contributed by atoms with E-state index in [0.717, 1.165) is 23.2 Å². The van der Waals surface area contributed by atoms with Crippen molar-refractivity contribution in [2.75, 3.05) is 26.7 Å². The summed E-state index contributed by atoms with van der Waals surface area (Å²) in [5.41, 5.74) is 1.54. The van der Waals surface area contributed by atoms with E-state index in [1.54, 1.807) is 7.11 Å². The first kappa shape index (κ1) is 16.5. The molecule has 0 saturated carbocycles. The summed E-state index contributed by atoms with van der Waals surface area (Å²) in [6, 6.07) is 8.36. The number of aromatic amines is 1. The van der Waals surface area contributed by atoms with Crippen LogP contribution in [0.15, 0.2) is 24.3 Å². The van der Waals surface area contributed by atoms with Crippen LogP contribution in [0.25, 0.3) is 10.9 Å². The van der Waals surface area contributed by atoms with Crippen LogP contribution in [0.4, 0.5) is 0 Å². The van der Waals surface area contributed by atoms with Gasteiger partial charge in [-0.05, 0) is 62.9 Å². The van der Waals surface area contributed by atoms with Gasteiger partial charge >= 0.3 is 0 Å². The first-order valence-corrected chi connectivity index (χ1v) is 9.44. The van der Waals surface area contributed by atoms with Gasteiger partial charge in [-0.2, -0.15) is 0 Å². The molecule has 0 radical (unpaired) electrons. The molecule has 2 saturated heterocycles. The van der Waals surface area contributed by atoms with Crippen LogP contribution < -0.4 is 10.1 Å². The number of carbonyl (C=O) groups excluding carboxylic acids is 1. The second-order valence-corrected chi connectivity index (χ2v) is 7.32. The standard InChI is InChI=1S/C20H27N3O2/c1-25-19-9-4-7-16-15(19)12-17(22-16)20(24)21-13-14-6-5-11-23-10-3-2-8-18(14)23/h4,7,9,12,14,18,22H,2-3,5-6,8,10-11,13H2,1H3,(H,21,24)/t14-,18+/m0/s1. The highest BCUT2D eigenvalue weighted by molar-refractivity contribution is 5.99. The summed E-state index contributed by atoms with van der Waals surface area (Å²) in [6.45, 7) is 3.24. The van der Waals surface area contributed by atoms with Gasteiger partial charge in [0.15, 0.2) is 0 Å². The number of nitrogens with zero attached hydrogens (tertiary/aromatic N) is 1. The zero-order chi connectivity index (χ0) is 17.2. The van der Waals surface area contributed by atoms with Gasteiger partial charge < -0.3 is 19.9 Å². The van der Waals surface area contributed by atoms with Crippen molar-refractivity contribution < 1.29 is 9.53 Å². The van der Waals surface area contributed by atoms with Gasteiger partial charge in [-0.3, -0.25) is 4.79 Å². The number of piperidine rings is 2. The summed E-state index contributed by atoms with van der Waals surface area (Å²) in [6.07, 6.45) is 6.41. The van der Waals surface area contributed by atoms with E-state index in [4.69, 9.17) is 4.74 Å². The number of aromatic nitrogens is 1. The van der Waals surface area contributed by atoms with Crippen LogP contribution in [0.2, 0.25) is 0 Å². The number of rotatable bonds is 4. The largest absolute Gasteiger partial charge is 0.496 e. The van der Waals surface area contributed by atoms with Crippen LogP contribution in [-0.4, -0.2) is 48.6 Å². The Morgan fingerprint density at radius 3 is 3.04 bits per heavy atom. The van der Waals surface area contributed by atoms with E-state index in [2.05, 4.69) is 15.2 Å². The number of amides is 1. The summed E-state index contributed by atoms with van der Waals surface area (Å²) < 4.78 is 5.38. The number of H-pyrrole nitrogens is 1. The van der Waals surface area contributed by atoms with Gasteiger partial charge in [0.05, 0.1) is 7.11 Å². The fraction of sp³-hybridized carbons (Fsp3) is 0.550. The molecule has 0 bridgehead atoms. The molecule has 2 aromatic rings.